The highest BCUT2D eigenvalue weighted by atomic mass is 19.1. The monoisotopic (exact) mass is 207 g/mol. The molecule has 2 atom stereocenters. The summed E-state index contributed by atoms with van der Waals surface area (Å²) in [6.45, 7) is 2.17. The minimum Gasteiger partial charge on any atom is -0.317 e. The average Bonchev–Trinajstić information content (AvgIpc) is 2.62. The van der Waals surface area contributed by atoms with Gasteiger partial charge < -0.3 is 5.32 Å². The van der Waals surface area contributed by atoms with Crippen molar-refractivity contribution in [2.24, 2.45) is 0 Å². The van der Waals surface area contributed by atoms with Gasteiger partial charge in [-0.15, -0.1) is 0 Å². The van der Waals surface area contributed by atoms with Gasteiger partial charge in [0.25, 0.3) is 0 Å². The number of benzene rings is 1. The molecule has 2 rings (SSSR count). The third-order valence-electron chi connectivity index (χ3n) is 3.67. The van der Waals surface area contributed by atoms with Crippen molar-refractivity contribution in [1.29, 1.82) is 0 Å². The smallest absolute Gasteiger partial charge is 0.126 e. The van der Waals surface area contributed by atoms with E-state index in [1.165, 1.54) is 0 Å². The van der Waals surface area contributed by atoms with Gasteiger partial charge in [-0.2, -0.15) is 0 Å². The molecular weight excluding hydrogens is 189 g/mol. The van der Waals surface area contributed by atoms with Crippen molar-refractivity contribution in [3.8, 4) is 0 Å². The van der Waals surface area contributed by atoms with Crippen LogP contribution in [0, 0.1) is 5.82 Å². The molecule has 0 aromatic heterocycles. The summed E-state index contributed by atoms with van der Waals surface area (Å²) in [7, 11) is 1.98. The Labute approximate surface area is 90.7 Å². The first-order chi connectivity index (χ1) is 7.15. The van der Waals surface area contributed by atoms with E-state index >= 15 is 0 Å². The van der Waals surface area contributed by atoms with Gasteiger partial charge in [-0.05, 0) is 43.4 Å². The van der Waals surface area contributed by atoms with E-state index in [2.05, 4.69) is 12.2 Å². The Morgan fingerprint density at radius 3 is 2.73 bits per heavy atom. The molecule has 1 N–H and O–H groups in total. The van der Waals surface area contributed by atoms with Gasteiger partial charge >= 0.3 is 0 Å². The fourth-order valence-corrected chi connectivity index (χ4v) is 2.68. The van der Waals surface area contributed by atoms with Crippen LogP contribution in [-0.4, -0.2) is 13.1 Å². The number of hydrogen-bond donors (Lipinski definition) is 1. The maximum Gasteiger partial charge on any atom is 0.126 e. The van der Waals surface area contributed by atoms with Crippen LogP contribution in [0.25, 0.3) is 0 Å². The minimum atomic E-state index is -0.0586. The molecule has 0 aliphatic heterocycles. The molecular formula is C13H18FN. The summed E-state index contributed by atoms with van der Waals surface area (Å²) in [5.74, 6) is -0.0586. The van der Waals surface area contributed by atoms with Crippen LogP contribution < -0.4 is 5.32 Å². The summed E-state index contributed by atoms with van der Waals surface area (Å²) < 4.78 is 13.7. The van der Waals surface area contributed by atoms with Crippen molar-refractivity contribution in [2.75, 3.05) is 7.05 Å². The second kappa shape index (κ2) is 3.93. The van der Waals surface area contributed by atoms with Gasteiger partial charge in [0.15, 0.2) is 0 Å². The van der Waals surface area contributed by atoms with Crippen LogP contribution in [0.3, 0.4) is 0 Å². The maximum absolute atomic E-state index is 13.7. The lowest BCUT2D eigenvalue weighted by Gasteiger charge is -2.25. The van der Waals surface area contributed by atoms with E-state index in [0.717, 1.165) is 24.8 Å². The predicted octanol–water partition coefficient (Wildman–Crippen LogP) is 2.86. The van der Waals surface area contributed by atoms with Crippen molar-refractivity contribution in [2.45, 2.75) is 37.6 Å². The Bertz CT molecular complexity index is 350. The molecule has 1 aromatic carbocycles. The molecule has 2 unspecified atom stereocenters. The Morgan fingerprint density at radius 2 is 2.13 bits per heavy atom. The SMILES string of the molecule is CNC1CCC(C)(c2ccccc2F)C1. The highest BCUT2D eigenvalue weighted by Gasteiger charge is 2.37. The van der Waals surface area contributed by atoms with E-state index in [0.29, 0.717) is 6.04 Å². The van der Waals surface area contributed by atoms with Gasteiger partial charge in [0, 0.05) is 6.04 Å². The molecule has 1 fully saturated rings. The number of nitrogens with one attached hydrogen (secondary N) is 1. The normalized spacial score (nSPS) is 30.7. The van der Waals surface area contributed by atoms with E-state index < -0.39 is 0 Å². The first-order valence-electron chi connectivity index (χ1n) is 5.58. The molecule has 1 aliphatic rings. The van der Waals surface area contributed by atoms with Crippen LogP contribution >= 0.6 is 0 Å². The molecule has 82 valence electrons. The fraction of sp³-hybridized carbons (Fsp3) is 0.538. The van der Waals surface area contributed by atoms with Crippen LogP contribution in [0.15, 0.2) is 24.3 Å². The van der Waals surface area contributed by atoms with E-state index in [1.807, 2.05) is 19.2 Å². The molecule has 0 amide bonds. The second-order valence-corrected chi connectivity index (χ2v) is 4.77. The van der Waals surface area contributed by atoms with Crippen LogP contribution in [0.1, 0.15) is 31.7 Å². The molecule has 0 saturated heterocycles. The van der Waals surface area contributed by atoms with Crippen LogP contribution in [0.4, 0.5) is 4.39 Å². The quantitative estimate of drug-likeness (QED) is 0.786. The minimum absolute atomic E-state index is 0.0129. The molecule has 1 aromatic rings. The van der Waals surface area contributed by atoms with Crippen molar-refractivity contribution in [1.82, 2.24) is 5.32 Å². The van der Waals surface area contributed by atoms with E-state index in [9.17, 15) is 4.39 Å². The van der Waals surface area contributed by atoms with Crippen molar-refractivity contribution >= 4 is 0 Å². The second-order valence-electron chi connectivity index (χ2n) is 4.77. The van der Waals surface area contributed by atoms with Gasteiger partial charge in [-0.25, -0.2) is 4.39 Å². The summed E-state index contributed by atoms with van der Waals surface area (Å²) in [6.07, 6.45) is 3.24. The predicted molar refractivity (Wildman–Crippen MR) is 60.5 cm³/mol. The first kappa shape index (κ1) is 10.6. The summed E-state index contributed by atoms with van der Waals surface area (Å²) >= 11 is 0. The number of halogens is 1. The van der Waals surface area contributed by atoms with Gasteiger partial charge in [-0.1, -0.05) is 25.1 Å². The third-order valence-corrected chi connectivity index (χ3v) is 3.67. The third kappa shape index (κ3) is 1.91. The Hall–Kier alpha value is -0.890. The lowest BCUT2D eigenvalue weighted by atomic mass is 9.80. The standard InChI is InChI=1S/C13H18FN/c1-13(8-7-10(9-13)15-2)11-5-3-4-6-12(11)14/h3-6,10,15H,7-9H2,1-2H3. The molecule has 0 heterocycles. The van der Waals surface area contributed by atoms with Gasteiger partial charge in [0.2, 0.25) is 0 Å². The van der Waals surface area contributed by atoms with E-state index in [4.69, 9.17) is 0 Å². The highest BCUT2D eigenvalue weighted by Crippen LogP contribution is 2.41. The topological polar surface area (TPSA) is 12.0 Å². The number of hydrogen-bond acceptors (Lipinski definition) is 1. The summed E-state index contributed by atoms with van der Waals surface area (Å²) in [4.78, 5) is 0. The van der Waals surface area contributed by atoms with Gasteiger partial charge in [0.1, 0.15) is 5.82 Å². The first-order valence-corrected chi connectivity index (χ1v) is 5.58. The van der Waals surface area contributed by atoms with Crippen LogP contribution in [0.5, 0.6) is 0 Å². The zero-order valence-electron chi connectivity index (χ0n) is 9.39. The Morgan fingerprint density at radius 1 is 1.40 bits per heavy atom. The van der Waals surface area contributed by atoms with Gasteiger partial charge in [0.05, 0.1) is 0 Å². The lowest BCUT2D eigenvalue weighted by Crippen LogP contribution is -2.26. The summed E-state index contributed by atoms with van der Waals surface area (Å²) in [5.41, 5.74) is 0.890. The zero-order chi connectivity index (χ0) is 10.9. The molecule has 2 heteroatoms. The van der Waals surface area contributed by atoms with Gasteiger partial charge in [-0.3, -0.25) is 0 Å². The summed E-state index contributed by atoms with van der Waals surface area (Å²) in [6, 6.07) is 7.71. The zero-order valence-corrected chi connectivity index (χ0v) is 9.39. The van der Waals surface area contributed by atoms with Crippen LogP contribution in [-0.2, 0) is 5.41 Å². The Balaban J connectivity index is 2.27. The van der Waals surface area contributed by atoms with Crippen molar-refractivity contribution in [3.63, 3.8) is 0 Å². The molecule has 0 spiro atoms. The molecule has 1 saturated carbocycles. The Kier molecular flexibility index (Phi) is 2.79. The maximum atomic E-state index is 13.7. The largest absolute Gasteiger partial charge is 0.317 e. The average molecular weight is 207 g/mol. The van der Waals surface area contributed by atoms with Crippen molar-refractivity contribution in [3.05, 3.63) is 35.6 Å². The number of rotatable bonds is 2. The van der Waals surface area contributed by atoms with E-state index in [-0.39, 0.29) is 11.2 Å². The summed E-state index contributed by atoms with van der Waals surface area (Å²) in [5, 5.41) is 3.29. The molecule has 0 bridgehead atoms. The fourth-order valence-electron chi connectivity index (χ4n) is 2.68. The lowest BCUT2D eigenvalue weighted by molar-refractivity contribution is 0.440. The molecule has 0 radical (unpaired) electrons. The molecule has 1 aliphatic carbocycles. The van der Waals surface area contributed by atoms with Crippen molar-refractivity contribution < 1.29 is 4.39 Å². The van der Waals surface area contributed by atoms with E-state index in [1.54, 1.807) is 12.1 Å². The highest BCUT2D eigenvalue weighted by molar-refractivity contribution is 5.28. The molecule has 15 heavy (non-hydrogen) atoms. The van der Waals surface area contributed by atoms with Crippen LogP contribution in [0.2, 0.25) is 0 Å². The molecule has 1 nitrogen and oxygen atoms in total.